The first-order chi connectivity index (χ1) is 20.4. The maximum atomic E-state index is 10.9. The van der Waals surface area contributed by atoms with E-state index in [2.05, 4.69) is 93.8 Å². The first kappa shape index (κ1) is 28.1. The molecule has 0 bridgehead atoms. The monoisotopic (exact) mass is 584 g/mol. The molecule has 0 unspecified atom stereocenters. The number of thiophene rings is 2. The van der Waals surface area contributed by atoms with E-state index in [1.807, 2.05) is 30.3 Å². The van der Waals surface area contributed by atoms with Gasteiger partial charge in [-0.25, -0.2) is 0 Å². The summed E-state index contributed by atoms with van der Waals surface area (Å²) in [6.07, 6.45) is 0. The van der Waals surface area contributed by atoms with Gasteiger partial charge in [0.25, 0.3) is 0 Å². The average molecular weight is 585 g/mol. The van der Waals surface area contributed by atoms with Gasteiger partial charge < -0.3 is 9.84 Å². The number of hydrogen-bond donors (Lipinski definition) is 1. The molecule has 0 saturated heterocycles. The van der Waals surface area contributed by atoms with E-state index >= 15 is 0 Å². The quantitative estimate of drug-likeness (QED) is 0.165. The molecule has 0 aliphatic carbocycles. The zero-order valence-corrected chi connectivity index (χ0v) is 26.1. The SMILES string of the molecule is COc1c2ccccc2c(CO)c2c(C#Cc3ccc(C(C)C)s3)c3ccccc3c(C#Cc3ccc(C(C)C)s3)c12. The minimum atomic E-state index is -0.125. The zero-order valence-electron chi connectivity index (χ0n) is 24.5. The molecule has 42 heavy (non-hydrogen) atoms. The Morgan fingerprint density at radius 1 is 0.619 bits per heavy atom. The van der Waals surface area contributed by atoms with E-state index in [1.54, 1.807) is 29.8 Å². The van der Waals surface area contributed by atoms with Gasteiger partial charge in [-0.15, -0.1) is 22.7 Å². The van der Waals surface area contributed by atoms with Crippen LogP contribution in [0, 0.1) is 23.7 Å². The fourth-order valence-electron chi connectivity index (χ4n) is 5.53. The lowest BCUT2D eigenvalue weighted by Crippen LogP contribution is -2.00. The van der Waals surface area contributed by atoms with Crippen LogP contribution in [-0.2, 0) is 6.61 Å². The van der Waals surface area contributed by atoms with Crippen molar-refractivity contribution in [2.24, 2.45) is 0 Å². The molecule has 2 heterocycles. The number of ether oxygens (including phenoxy) is 1. The number of fused-ring (bicyclic) bond motifs is 3. The Kier molecular flexibility index (Phi) is 7.80. The third-order valence-electron chi connectivity index (χ3n) is 7.62. The van der Waals surface area contributed by atoms with Crippen LogP contribution in [0.1, 0.15) is 75.7 Å². The van der Waals surface area contributed by atoms with Crippen LogP contribution >= 0.6 is 22.7 Å². The van der Waals surface area contributed by atoms with Gasteiger partial charge in [0.1, 0.15) is 5.75 Å². The van der Waals surface area contributed by atoms with Gasteiger partial charge in [-0.1, -0.05) is 99.9 Å². The van der Waals surface area contributed by atoms with E-state index in [1.165, 1.54) is 9.75 Å². The summed E-state index contributed by atoms with van der Waals surface area (Å²) in [7, 11) is 1.71. The van der Waals surface area contributed by atoms with Crippen molar-refractivity contribution in [2.75, 3.05) is 7.11 Å². The number of aliphatic hydroxyl groups excluding tert-OH is 1. The van der Waals surface area contributed by atoms with Crippen LogP contribution in [0.25, 0.3) is 32.3 Å². The van der Waals surface area contributed by atoms with Gasteiger partial charge >= 0.3 is 0 Å². The molecule has 1 N–H and O–H groups in total. The average Bonchev–Trinajstić information content (AvgIpc) is 3.68. The van der Waals surface area contributed by atoms with E-state index < -0.39 is 0 Å². The Hall–Kier alpha value is -4.06. The molecule has 2 aromatic heterocycles. The lowest BCUT2D eigenvalue weighted by molar-refractivity contribution is 0.285. The Bertz CT molecular complexity index is 1930. The van der Waals surface area contributed by atoms with Crippen molar-refractivity contribution in [1.29, 1.82) is 0 Å². The molecular weight excluding hydrogens is 553 g/mol. The molecule has 0 saturated carbocycles. The summed E-state index contributed by atoms with van der Waals surface area (Å²) >= 11 is 3.47. The molecule has 0 spiro atoms. The summed E-state index contributed by atoms with van der Waals surface area (Å²) in [6.45, 7) is 8.69. The molecule has 6 aromatic rings. The molecule has 0 aliphatic rings. The smallest absolute Gasteiger partial charge is 0.135 e. The zero-order chi connectivity index (χ0) is 29.4. The summed E-state index contributed by atoms with van der Waals surface area (Å²) in [5, 5.41) is 16.6. The molecule has 4 aromatic carbocycles. The lowest BCUT2D eigenvalue weighted by Gasteiger charge is -2.19. The third kappa shape index (κ3) is 4.97. The number of benzene rings is 4. The van der Waals surface area contributed by atoms with Crippen molar-refractivity contribution in [3.8, 4) is 29.4 Å². The van der Waals surface area contributed by atoms with Crippen LogP contribution in [-0.4, -0.2) is 12.2 Å². The lowest BCUT2D eigenvalue weighted by atomic mass is 9.86. The van der Waals surface area contributed by atoms with Crippen molar-refractivity contribution in [1.82, 2.24) is 0 Å². The summed E-state index contributed by atoms with van der Waals surface area (Å²) in [4.78, 5) is 4.69. The molecule has 4 heteroatoms. The first-order valence-electron chi connectivity index (χ1n) is 14.2. The van der Waals surface area contributed by atoms with Crippen molar-refractivity contribution < 1.29 is 9.84 Å². The molecule has 0 amide bonds. The van der Waals surface area contributed by atoms with Crippen LogP contribution in [0.2, 0.25) is 0 Å². The summed E-state index contributed by atoms with van der Waals surface area (Å²) in [5.41, 5.74) is 2.62. The Morgan fingerprint density at radius 2 is 1.10 bits per heavy atom. The highest BCUT2D eigenvalue weighted by Crippen LogP contribution is 2.44. The predicted molar refractivity (Wildman–Crippen MR) is 180 cm³/mol. The van der Waals surface area contributed by atoms with E-state index in [4.69, 9.17) is 4.74 Å². The maximum absolute atomic E-state index is 10.9. The maximum Gasteiger partial charge on any atom is 0.135 e. The molecule has 6 rings (SSSR count). The van der Waals surface area contributed by atoms with Crippen LogP contribution < -0.4 is 4.74 Å². The second-order valence-corrected chi connectivity index (χ2v) is 13.2. The third-order valence-corrected chi connectivity index (χ3v) is 10.2. The number of rotatable bonds is 4. The summed E-state index contributed by atoms with van der Waals surface area (Å²) in [6, 6.07) is 25.0. The van der Waals surface area contributed by atoms with Crippen LogP contribution in [0.5, 0.6) is 5.75 Å². The van der Waals surface area contributed by atoms with Crippen LogP contribution in [0.3, 0.4) is 0 Å². The fraction of sp³-hybridized carbons (Fsp3) is 0.211. The van der Waals surface area contributed by atoms with Gasteiger partial charge in [0.05, 0.1) is 23.5 Å². The second kappa shape index (κ2) is 11.7. The van der Waals surface area contributed by atoms with E-state index in [0.717, 1.165) is 64.5 Å². The van der Waals surface area contributed by atoms with Crippen molar-refractivity contribution in [3.63, 3.8) is 0 Å². The molecule has 0 fully saturated rings. The van der Waals surface area contributed by atoms with E-state index in [9.17, 15) is 5.11 Å². The van der Waals surface area contributed by atoms with E-state index in [0.29, 0.717) is 11.8 Å². The van der Waals surface area contributed by atoms with Crippen molar-refractivity contribution in [3.05, 3.63) is 109 Å². The Morgan fingerprint density at radius 3 is 1.55 bits per heavy atom. The second-order valence-electron chi connectivity index (χ2n) is 11.0. The standard InChI is InChI=1S/C38H32O2S2/c1-23(2)34-20-16-25(41-34)14-18-30-27-10-6-7-11-28(27)31(19-15-26-17-21-35(42-26)24(3)4)37-36(30)33(22-39)29-12-8-9-13-32(29)38(37)40-5/h6-13,16-17,20-21,23-24,39H,22H2,1-5H3. The molecule has 0 radical (unpaired) electrons. The minimum Gasteiger partial charge on any atom is -0.495 e. The summed E-state index contributed by atoms with van der Waals surface area (Å²) < 4.78 is 6.17. The van der Waals surface area contributed by atoms with Crippen molar-refractivity contribution >= 4 is 55.0 Å². The van der Waals surface area contributed by atoms with E-state index in [-0.39, 0.29) is 6.61 Å². The largest absolute Gasteiger partial charge is 0.495 e. The summed E-state index contributed by atoms with van der Waals surface area (Å²) in [5.74, 6) is 15.7. The van der Waals surface area contributed by atoms with Gasteiger partial charge in [-0.05, 0) is 57.8 Å². The fourth-order valence-corrected chi connectivity index (χ4v) is 7.25. The van der Waals surface area contributed by atoms with Crippen LogP contribution in [0.4, 0.5) is 0 Å². The van der Waals surface area contributed by atoms with Crippen LogP contribution in [0.15, 0.2) is 72.8 Å². The molecule has 2 nitrogen and oxygen atoms in total. The van der Waals surface area contributed by atoms with Gasteiger partial charge in [-0.2, -0.15) is 0 Å². The normalized spacial score (nSPS) is 11.2. The van der Waals surface area contributed by atoms with Gasteiger partial charge in [0.15, 0.2) is 0 Å². The highest BCUT2D eigenvalue weighted by atomic mass is 32.1. The molecule has 0 aliphatic heterocycles. The topological polar surface area (TPSA) is 29.5 Å². The highest BCUT2D eigenvalue weighted by Gasteiger charge is 2.22. The molecular formula is C38H32O2S2. The highest BCUT2D eigenvalue weighted by molar-refractivity contribution is 7.12. The predicted octanol–water partition coefficient (Wildman–Crippen LogP) is 9.82. The van der Waals surface area contributed by atoms with Gasteiger partial charge in [0, 0.05) is 37.0 Å². The van der Waals surface area contributed by atoms with Gasteiger partial charge in [-0.3, -0.25) is 0 Å². The van der Waals surface area contributed by atoms with Crippen molar-refractivity contribution in [2.45, 2.75) is 46.1 Å². The molecule has 208 valence electrons. The number of aliphatic hydroxyl groups is 1. The molecule has 0 atom stereocenters. The minimum absolute atomic E-state index is 0.125. The van der Waals surface area contributed by atoms with Gasteiger partial charge in [0.2, 0.25) is 0 Å². The number of hydrogen-bond acceptors (Lipinski definition) is 4. The first-order valence-corrected chi connectivity index (χ1v) is 15.8. The number of methoxy groups -OCH3 is 1. The Balaban J connectivity index is 1.75. The Labute approximate surface area is 255 Å².